The monoisotopic (exact) mass is 779 g/mol. The van der Waals surface area contributed by atoms with Crippen LogP contribution in [0, 0.1) is 0 Å². The SMILES string of the molecule is COc1ccc2cc1Cc1cccc(c1)C(C)c1cc(c(OC)cc1OC)C(N)c1ccc(OC)c(c1)C(N)c1cccc(c1)Cc1cc(c(OC)cc1OC)C2N. The van der Waals surface area contributed by atoms with Gasteiger partial charge >= 0.3 is 0 Å². The maximum Gasteiger partial charge on any atom is 0.127 e. The molecule has 300 valence electrons. The van der Waals surface area contributed by atoms with Crippen molar-refractivity contribution in [2.75, 3.05) is 42.7 Å². The summed E-state index contributed by atoms with van der Waals surface area (Å²) in [5.41, 5.74) is 32.9. The van der Waals surface area contributed by atoms with Crippen LogP contribution >= 0.6 is 0 Å². The van der Waals surface area contributed by atoms with Crippen LogP contribution in [0.1, 0.15) is 97.7 Å². The molecule has 6 N–H and O–H groups in total. The lowest BCUT2D eigenvalue weighted by molar-refractivity contribution is 0.386. The van der Waals surface area contributed by atoms with Crippen molar-refractivity contribution in [3.8, 4) is 34.5 Å². The molecule has 7 rings (SSSR count). The Hall–Kier alpha value is -6.00. The highest BCUT2D eigenvalue weighted by Gasteiger charge is 2.25. The molecule has 58 heavy (non-hydrogen) atoms. The summed E-state index contributed by atoms with van der Waals surface area (Å²) in [6.07, 6.45) is 1.20. The molecule has 9 nitrogen and oxygen atoms in total. The Morgan fingerprint density at radius 2 is 0.810 bits per heavy atom. The van der Waals surface area contributed by atoms with Crippen molar-refractivity contribution in [3.05, 3.63) is 176 Å². The quantitative estimate of drug-likeness (QED) is 0.152. The first-order valence-electron chi connectivity index (χ1n) is 19.4. The van der Waals surface area contributed by atoms with Crippen LogP contribution in [0.5, 0.6) is 34.5 Å². The molecule has 0 radical (unpaired) electrons. The van der Waals surface area contributed by atoms with Gasteiger partial charge in [-0.25, -0.2) is 0 Å². The zero-order valence-electron chi connectivity index (χ0n) is 34.3. The van der Waals surface area contributed by atoms with Crippen LogP contribution in [0.3, 0.4) is 0 Å². The van der Waals surface area contributed by atoms with Crippen LogP contribution in [0.2, 0.25) is 0 Å². The van der Waals surface area contributed by atoms with Crippen LogP contribution in [-0.2, 0) is 12.8 Å². The van der Waals surface area contributed by atoms with Crippen molar-refractivity contribution in [1.82, 2.24) is 0 Å². The molecule has 1 aliphatic carbocycles. The number of benzene rings is 6. The molecule has 12 bridgehead atoms. The zero-order valence-corrected chi connectivity index (χ0v) is 34.3. The van der Waals surface area contributed by atoms with Crippen molar-refractivity contribution >= 4 is 0 Å². The third kappa shape index (κ3) is 7.81. The fourth-order valence-corrected chi connectivity index (χ4v) is 8.25. The van der Waals surface area contributed by atoms with Gasteiger partial charge < -0.3 is 45.6 Å². The van der Waals surface area contributed by atoms with Gasteiger partial charge in [-0.15, -0.1) is 0 Å². The van der Waals surface area contributed by atoms with E-state index in [1.807, 2.05) is 54.6 Å². The highest BCUT2D eigenvalue weighted by Crippen LogP contribution is 2.42. The van der Waals surface area contributed by atoms with E-state index in [9.17, 15) is 0 Å². The Labute approximate surface area is 341 Å². The first-order chi connectivity index (χ1) is 28.1. The number of nitrogens with two attached hydrogens (primary N) is 3. The molecule has 6 aromatic rings. The minimum absolute atomic E-state index is 0.0530. The van der Waals surface area contributed by atoms with E-state index in [4.69, 9.17) is 45.6 Å². The van der Waals surface area contributed by atoms with Gasteiger partial charge in [-0.05, 0) is 80.9 Å². The van der Waals surface area contributed by atoms with E-state index in [1.54, 1.807) is 42.7 Å². The second-order valence-corrected chi connectivity index (χ2v) is 14.8. The van der Waals surface area contributed by atoms with E-state index >= 15 is 0 Å². The number of methoxy groups -OCH3 is 6. The third-order valence-electron chi connectivity index (χ3n) is 11.5. The standard InChI is InChI=1S/C49H53N3O6/c1-28-31-12-8-10-29(18-31)20-35-22-33(14-16-41(35)53-2)48(51)39-24-36(43(55-4)26-45(39)57-6)21-30-11-9-13-32(19-30)47(50)38-23-34(15-17-42(38)54-3)49(52)40-25-37(28)44(56-5)27-46(40)58-7/h8-19,22-28,47-49H,20-21,50-52H2,1-7H3. The average Bonchev–Trinajstić information content (AvgIpc) is 3.27. The molecule has 0 saturated heterocycles. The molecule has 1 aliphatic rings. The van der Waals surface area contributed by atoms with E-state index in [0.29, 0.717) is 41.6 Å². The number of ether oxygens (including phenoxy) is 6. The first-order valence-corrected chi connectivity index (χ1v) is 19.4. The maximum absolute atomic E-state index is 7.17. The first kappa shape index (κ1) is 40.2. The van der Waals surface area contributed by atoms with Crippen molar-refractivity contribution in [2.45, 2.75) is 43.8 Å². The normalized spacial score (nSPS) is 17.7. The van der Waals surface area contributed by atoms with Gasteiger partial charge in [0.05, 0.1) is 60.8 Å². The molecule has 0 amide bonds. The second kappa shape index (κ2) is 17.2. The lowest BCUT2D eigenvalue weighted by atomic mass is 9.86. The Morgan fingerprint density at radius 3 is 1.40 bits per heavy atom. The highest BCUT2D eigenvalue weighted by atomic mass is 16.5. The summed E-state index contributed by atoms with van der Waals surface area (Å²) in [5, 5.41) is 0. The third-order valence-corrected chi connectivity index (χ3v) is 11.5. The van der Waals surface area contributed by atoms with Gasteiger partial charge in [-0.1, -0.05) is 67.6 Å². The molecule has 0 spiro atoms. The molecule has 9 heteroatoms. The molecule has 0 fully saturated rings. The summed E-state index contributed by atoms with van der Waals surface area (Å²) in [6.45, 7) is 2.18. The summed E-state index contributed by atoms with van der Waals surface area (Å²) >= 11 is 0. The predicted molar refractivity (Wildman–Crippen MR) is 229 cm³/mol. The van der Waals surface area contributed by atoms with E-state index < -0.39 is 18.1 Å². The molecule has 6 aromatic carbocycles. The fraction of sp³-hybridized carbons (Fsp3) is 0.265. The Bertz CT molecular complexity index is 2430. The second-order valence-electron chi connectivity index (χ2n) is 14.8. The van der Waals surface area contributed by atoms with Crippen LogP contribution in [-0.4, -0.2) is 42.7 Å². The van der Waals surface area contributed by atoms with E-state index in [1.165, 1.54) is 0 Å². The molecule has 0 aromatic heterocycles. The van der Waals surface area contributed by atoms with E-state index in [-0.39, 0.29) is 5.92 Å². The van der Waals surface area contributed by atoms with Gasteiger partial charge in [0.1, 0.15) is 34.5 Å². The Balaban J connectivity index is 1.44. The van der Waals surface area contributed by atoms with Crippen molar-refractivity contribution < 1.29 is 28.4 Å². The van der Waals surface area contributed by atoms with Crippen LogP contribution in [0.4, 0.5) is 0 Å². The van der Waals surface area contributed by atoms with Gasteiger partial charge in [0.15, 0.2) is 0 Å². The lowest BCUT2D eigenvalue weighted by Gasteiger charge is -2.24. The summed E-state index contributed by atoms with van der Waals surface area (Å²) in [6, 6.07) is 35.5. The van der Waals surface area contributed by atoms with Gasteiger partial charge in [0.2, 0.25) is 0 Å². The summed E-state index contributed by atoms with van der Waals surface area (Å²) in [7, 11) is 10.00. The highest BCUT2D eigenvalue weighted by molar-refractivity contribution is 5.56. The minimum Gasteiger partial charge on any atom is -0.496 e. The number of hydrogen-bond donors (Lipinski definition) is 3. The molecule has 4 unspecified atom stereocenters. The van der Waals surface area contributed by atoms with E-state index in [0.717, 1.165) is 72.5 Å². The molecular weight excluding hydrogens is 727 g/mol. The van der Waals surface area contributed by atoms with Gasteiger partial charge in [0, 0.05) is 53.1 Å². The summed E-state index contributed by atoms with van der Waals surface area (Å²) in [4.78, 5) is 0. The molecular formula is C49H53N3O6. The Kier molecular flexibility index (Phi) is 12.0. The summed E-state index contributed by atoms with van der Waals surface area (Å²) < 4.78 is 35.5. The van der Waals surface area contributed by atoms with Crippen LogP contribution in [0.25, 0.3) is 0 Å². The number of fused-ring (bicyclic) bond motifs is 12. The average molecular weight is 780 g/mol. The minimum atomic E-state index is -0.547. The number of hydrogen-bond acceptors (Lipinski definition) is 9. The van der Waals surface area contributed by atoms with Crippen molar-refractivity contribution in [2.24, 2.45) is 17.2 Å². The predicted octanol–water partition coefficient (Wildman–Crippen LogP) is 8.53. The van der Waals surface area contributed by atoms with Crippen molar-refractivity contribution in [1.29, 1.82) is 0 Å². The lowest BCUT2D eigenvalue weighted by Crippen LogP contribution is -2.17. The Morgan fingerprint density at radius 1 is 0.379 bits per heavy atom. The van der Waals surface area contributed by atoms with Gasteiger partial charge in [-0.3, -0.25) is 0 Å². The van der Waals surface area contributed by atoms with Gasteiger partial charge in [-0.2, -0.15) is 0 Å². The van der Waals surface area contributed by atoms with Crippen LogP contribution < -0.4 is 45.6 Å². The molecule has 0 heterocycles. The fourth-order valence-electron chi connectivity index (χ4n) is 8.25. The van der Waals surface area contributed by atoms with Crippen LogP contribution in [0.15, 0.2) is 109 Å². The van der Waals surface area contributed by atoms with E-state index in [2.05, 4.69) is 61.5 Å². The largest absolute Gasteiger partial charge is 0.496 e. The molecule has 0 saturated carbocycles. The number of rotatable bonds is 6. The van der Waals surface area contributed by atoms with Gasteiger partial charge in [0.25, 0.3) is 0 Å². The summed E-state index contributed by atoms with van der Waals surface area (Å²) in [5.74, 6) is 4.09. The topological polar surface area (TPSA) is 133 Å². The molecule has 0 aliphatic heterocycles. The van der Waals surface area contributed by atoms with Crippen molar-refractivity contribution in [3.63, 3.8) is 0 Å². The maximum atomic E-state index is 7.17. The smallest absolute Gasteiger partial charge is 0.127 e. The zero-order chi connectivity index (χ0) is 41.1. The molecule has 4 atom stereocenters.